The molecule has 36 heavy (non-hydrogen) atoms. The van der Waals surface area contributed by atoms with Gasteiger partial charge in [0.15, 0.2) is 24.6 Å². The molecule has 1 rings (SSSR count). The van der Waals surface area contributed by atoms with Crippen molar-refractivity contribution in [1.29, 1.82) is 0 Å². The average molecular weight is 517 g/mol. The molecule has 0 aromatic carbocycles. The molecule has 0 amide bonds. The van der Waals surface area contributed by atoms with Crippen molar-refractivity contribution in [2.75, 3.05) is 6.61 Å². The summed E-state index contributed by atoms with van der Waals surface area (Å²) in [6.07, 6.45) is -7.25. The standard InChI is InChI=1S/C26H44O10/c1-23(2,3)19(28)32-13-14-15(34-20(29)24(4,5)6)16(35-21(30)25(7,8)9)17(18(27)33-14)36-22(31)26(10,11)12/h14-18,27H,13H2,1-12H3/t14-,15-,16-,17-,18-/m0/s1. The first kappa shape index (κ1) is 31.8. The second-order valence-corrected chi connectivity index (χ2v) is 13.3. The summed E-state index contributed by atoms with van der Waals surface area (Å²) in [4.78, 5) is 50.8. The molecule has 208 valence electrons. The molecule has 1 saturated heterocycles. The van der Waals surface area contributed by atoms with Gasteiger partial charge in [0.1, 0.15) is 12.7 Å². The molecule has 10 heteroatoms. The number of rotatable bonds is 5. The van der Waals surface area contributed by atoms with Crippen molar-refractivity contribution in [2.45, 2.75) is 114 Å². The van der Waals surface area contributed by atoms with Gasteiger partial charge >= 0.3 is 23.9 Å². The molecule has 5 atom stereocenters. The molecular weight excluding hydrogens is 472 g/mol. The summed E-state index contributed by atoms with van der Waals surface area (Å²) >= 11 is 0. The van der Waals surface area contributed by atoms with E-state index in [0.29, 0.717) is 0 Å². The number of aliphatic hydroxyl groups is 1. The zero-order chi connectivity index (χ0) is 28.4. The lowest BCUT2D eigenvalue weighted by Crippen LogP contribution is -2.63. The number of aliphatic hydroxyl groups excluding tert-OH is 1. The number of carbonyl (C=O) groups excluding carboxylic acids is 4. The largest absolute Gasteiger partial charge is 0.462 e. The van der Waals surface area contributed by atoms with Gasteiger partial charge < -0.3 is 28.8 Å². The van der Waals surface area contributed by atoms with E-state index < -0.39 is 82.8 Å². The van der Waals surface area contributed by atoms with Crippen molar-refractivity contribution in [3.05, 3.63) is 0 Å². The fourth-order valence-electron chi connectivity index (χ4n) is 2.71. The van der Waals surface area contributed by atoms with E-state index in [9.17, 15) is 24.3 Å². The van der Waals surface area contributed by atoms with Crippen LogP contribution in [0.4, 0.5) is 0 Å². The first-order valence-electron chi connectivity index (χ1n) is 12.1. The molecule has 1 aliphatic heterocycles. The van der Waals surface area contributed by atoms with E-state index in [-0.39, 0.29) is 0 Å². The summed E-state index contributed by atoms with van der Waals surface area (Å²) in [5, 5.41) is 10.8. The number of esters is 4. The Kier molecular flexibility index (Phi) is 9.77. The molecule has 1 fully saturated rings. The Labute approximate surface area is 214 Å². The molecular formula is C26H44O10. The van der Waals surface area contributed by atoms with Gasteiger partial charge in [0.05, 0.1) is 21.7 Å². The van der Waals surface area contributed by atoms with Gasteiger partial charge in [0, 0.05) is 0 Å². The lowest BCUT2D eigenvalue weighted by atomic mass is 9.93. The summed E-state index contributed by atoms with van der Waals surface area (Å²) in [7, 11) is 0. The van der Waals surface area contributed by atoms with Crippen LogP contribution in [-0.4, -0.2) is 66.3 Å². The van der Waals surface area contributed by atoms with Gasteiger partial charge in [-0.3, -0.25) is 19.2 Å². The van der Waals surface area contributed by atoms with Crippen LogP contribution in [0.1, 0.15) is 83.1 Å². The molecule has 1 N–H and O–H groups in total. The molecule has 1 heterocycles. The Balaban J connectivity index is 3.50. The van der Waals surface area contributed by atoms with Gasteiger partial charge in [-0.25, -0.2) is 0 Å². The third-order valence-electron chi connectivity index (χ3n) is 5.17. The van der Waals surface area contributed by atoms with E-state index in [1.54, 1.807) is 83.1 Å². The highest BCUT2D eigenvalue weighted by molar-refractivity contribution is 5.78. The molecule has 0 bridgehead atoms. The smallest absolute Gasteiger partial charge is 0.311 e. The maximum absolute atomic E-state index is 12.9. The summed E-state index contributed by atoms with van der Waals surface area (Å²) < 4.78 is 28.0. The van der Waals surface area contributed by atoms with Gasteiger partial charge in [-0.1, -0.05) is 0 Å². The average Bonchev–Trinajstić information content (AvgIpc) is 2.67. The van der Waals surface area contributed by atoms with E-state index in [4.69, 9.17) is 23.7 Å². The van der Waals surface area contributed by atoms with E-state index in [1.807, 2.05) is 0 Å². The first-order valence-corrected chi connectivity index (χ1v) is 12.1. The molecule has 1 aliphatic rings. The second-order valence-electron chi connectivity index (χ2n) is 13.3. The van der Waals surface area contributed by atoms with Crippen LogP contribution in [0.25, 0.3) is 0 Å². The van der Waals surface area contributed by atoms with Gasteiger partial charge in [-0.2, -0.15) is 0 Å². The Bertz CT molecular complexity index is 820. The fourth-order valence-corrected chi connectivity index (χ4v) is 2.71. The maximum Gasteiger partial charge on any atom is 0.311 e. The van der Waals surface area contributed by atoms with Crippen LogP contribution in [0.2, 0.25) is 0 Å². The Morgan fingerprint density at radius 1 is 0.583 bits per heavy atom. The third-order valence-corrected chi connectivity index (χ3v) is 5.17. The van der Waals surface area contributed by atoms with E-state index >= 15 is 0 Å². The lowest BCUT2D eigenvalue weighted by Gasteiger charge is -2.44. The summed E-state index contributed by atoms with van der Waals surface area (Å²) in [6.45, 7) is 19.2. The van der Waals surface area contributed by atoms with E-state index in [0.717, 1.165) is 0 Å². The van der Waals surface area contributed by atoms with Crippen LogP contribution >= 0.6 is 0 Å². The normalized spacial score (nSPS) is 25.5. The van der Waals surface area contributed by atoms with Gasteiger partial charge in [0.2, 0.25) is 0 Å². The molecule has 0 aromatic rings. The highest BCUT2D eigenvalue weighted by atomic mass is 16.7. The minimum absolute atomic E-state index is 0.404. The van der Waals surface area contributed by atoms with Crippen LogP contribution in [-0.2, 0) is 42.9 Å². The quantitative estimate of drug-likeness (QED) is 0.429. The Morgan fingerprint density at radius 2 is 0.917 bits per heavy atom. The van der Waals surface area contributed by atoms with Crippen LogP contribution in [0.15, 0.2) is 0 Å². The van der Waals surface area contributed by atoms with Crippen LogP contribution < -0.4 is 0 Å². The molecule has 10 nitrogen and oxygen atoms in total. The monoisotopic (exact) mass is 516 g/mol. The SMILES string of the molecule is CC(C)(C)C(=O)OC[C@@H]1O[C@H](O)[C@@H](OC(=O)C(C)(C)C)[C@@H](OC(=O)C(C)(C)C)[C@H]1OC(=O)C(C)(C)C. The number of carbonyl (C=O) groups is 4. The van der Waals surface area contributed by atoms with Crippen molar-refractivity contribution < 1.29 is 48.0 Å². The minimum Gasteiger partial charge on any atom is -0.462 e. The molecule has 0 radical (unpaired) electrons. The van der Waals surface area contributed by atoms with Crippen LogP contribution in [0, 0.1) is 21.7 Å². The molecule has 0 unspecified atom stereocenters. The topological polar surface area (TPSA) is 135 Å². The predicted molar refractivity (Wildman–Crippen MR) is 129 cm³/mol. The zero-order valence-corrected chi connectivity index (χ0v) is 23.7. The summed E-state index contributed by atoms with van der Waals surface area (Å²) in [6, 6.07) is 0. The van der Waals surface area contributed by atoms with Crippen LogP contribution in [0.3, 0.4) is 0 Å². The number of hydrogen-bond donors (Lipinski definition) is 1. The summed E-state index contributed by atoms with van der Waals surface area (Å²) in [5.41, 5.74) is -3.68. The third kappa shape index (κ3) is 8.73. The lowest BCUT2D eigenvalue weighted by molar-refractivity contribution is -0.300. The highest BCUT2D eigenvalue weighted by Crippen LogP contribution is 2.33. The zero-order valence-electron chi connectivity index (χ0n) is 23.7. The first-order chi connectivity index (χ1) is 16.0. The molecule has 0 spiro atoms. The van der Waals surface area contributed by atoms with Gasteiger partial charge in [-0.15, -0.1) is 0 Å². The molecule has 0 aliphatic carbocycles. The van der Waals surface area contributed by atoms with Crippen molar-refractivity contribution >= 4 is 23.9 Å². The predicted octanol–water partition coefficient (Wildman–Crippen LogP) is 3.17. The summed E-state index contributed by atoms with van der Waals surface area (Å²) in [5.74, 6) is -2.57. The highest BCUT2D eigenvalue weighted by Gasteiger charge is 2.54. The van der Waals surface area contributed by atoms with E-state index in [2.05, 4.69) is 0 Å². The van der Waals surface area contributed by atoms with E-state index in [1.165, 1.54) is 0 Å². The van der Waals surface area contributed by atoms with Crippen molar-refractivity contribution in [3.8, 4) is 0 Å². The number of hydrogen-bond acceptors (Lipinski definition) is 10. The van der Waals surface area contributed by atoms with Crippen molar-refractivity contribution in [2.24, 2.45) is 21.7 Å². The fraction of sp³-hybridized carbons (Fsp3) is 0.846. The van der Waals surface area contributed by atoms with Crippen molar-refractivity contribution in [1.82, 2.24) is 0 Å². The minimum atomic E-state index is -1.75. The molecule has 0 saturated carbocycles. The Morgan fingerprint density at radius 3 is 1.28 bits per heavy atom. The second kappa shape index (κ2) is 11.0. The maximum atomic E-state index is 12.9. The van der Waals surface area contributed by atoms with Crippen LogP contribution in [0.5, 0.6) is 0 Å². The van der Waals surface area contributed by atoms with Gasteiger partial charge in [-0.05, 0) is 83.1 Å². The number of ether oxygens (including phenoxy) is 5. The van der Waals surface area contributed by atoms with Crippen molar-refractivity contribution in [3.63, 3.8) is 0 Å². The van der Waals surface area contributed by atoms with Gasteiger partial charge in [0.25, 0.3) is 0 Å². The molecule has 0 aromatic heterocycles. The Hall–Kier alpha value is -2.20.